The number of carbonyl (C=O) groups is 2. The quantitative estimate of drug-likeness (QED) is 0.466. The lowest BCUT2D eigenvalue weighted by atomic mass is 10.1. The summed E-state index contributed by atoms with van der Waals surface area (Å²) in [7, 11) is 0. The molecule has 0 fully saturated rings. The van der Waals surface area contributed by atoms with Crippen LogP contribution in [0.2, 0.25) is 0 Å². The number of H-pyrrole nitrogens is 1. The molecule has 10 heteroatoms. The van der Waals surface area contributed by atoms with Crippen LogP contribution in [0.3, 0.4) is 0 Å². The van der Waals surface area contributed by atoms with E-state index >= 15 is 0 Å². The number of hydrogen-bond donors (Lipinski definition) is 3. The molecule has 0 bridgehead atoms. The van der Waals surface area contributed by atoms with Crippen LogP contribution in [0.15, 0.2) is 42.5 Å². The van der Waals surface area contributed by atoms with E-state index < -0.39 is 23.4 Å². The van der Waals surface area contributed by atoms with Crippen molar-refractivity contribution in [1.29, 1.82) is 0 Å². The summed E-state index contributed by atoms with van der Waals surface area (Å²) in [4.78, 5) is 24.9. The van der Waals surface area contributed by atoms with Gasteiger partial charge in [0.1, 0.15) is 18.0 Å². The zero-order chi connectivity index (χ0) is 23.5. The number of benzene rings is 2. The van der Waals surface area contributed by atoms with Crippen molar-refractivity contribution < 1.29 is 18.7 Å². The van der Waals surface area contributed by atoms with Gasteiger partial charge in [0.15, 0.2) is 10.6 Å². The van der Waals surface area contributed by atoms with E-state index in [1.807, 2.05) is 31.2 Å². The molecular weight excluding hydrogens is 433 g/mol. The number of rotatable bonds is 5. The Morgan fingerprint density at radius 1 is 1.16 bits per heavy atom. The molecule has 32 heavy (non-hydrogen) atoms. The third kappa shape index (κ3) is 6.01. The summed E-state index contributed by atoms with van der Waals surface area (Å²) in [6.45, 7) is 6.95. The molecule has 168 valence electrons. The zero-order valence-electron chi connectivity index (χ0n) is 18.2. The maximum atomic E-state index is 13.8. The minimum absolute atomic E-state index is 0.0907. The maximum absolute atomic E-state index is 13.8. The van der Waals surface area contributed by atoms with Crippen LogP contribution < -0.4 is 10.6 Å². The van der Waals surface area contributed by atoms with E-state index in [-0.39, 0.29) is 22.7 Å². The van der Waals surface area contributed by atoms with Gasteiger partial charge in [-0.05, 0) is 64.2 Å². The average Bonchev–Trinajstić information content (AvgIpc) is 3.03. The van der Waals surface area contributed by atoms with Crippen LogP contribution in [0.25, 0.3) is 11.4 Å². The predicted octanol–water partition coefficient (Wildman–Crippen LogP) is 5.04. The van der Waals surface area contributed by atoms with Gasteiger partial charge in [0, 0.05) is 5.56 Å². The lowest BCUT2D eigenvalue weighted by molar-refractivity contribution is -0.116. The maximum Gasteiger partial charge on any atom is 0.412 e. The second-order valence-corrected chi connectivity index (χ2v) is 8.56. The van der Waals surface area contributed by atoms with Crippen molar-refractivity contribution in [2.45, 2.75) is 39.8 Å². The largest absolute Gasteiger partial charge is 0.444 e. The number of aromatic amines is 1. The topological polar surface area (TPSA) is 101 Å². The summed E-state index contributed by atoms with van der Waals surface area (Å²) in [5.41, 5.74) is 1.40. The number of ether oxygens (including phenoxy) is 1. The van der Waals surface area contributed by atoms with E-state index in [0.717, 1.165) is 17.2 Å². The summed E-state index contributed by atoms with van der Waals surface area (Å²) in [5, 5.41) is 12.1. The Morgan fingerprint density at radius 3 is 2.59 bits per heavy atom. The molecule has 1 aromatic heterocycles. The van der Waals surface area contributed by atoms with E-state index in [0.29, 0.717) is 5.82 Å². The molecule has 0 radical (unpaired) electrons. The number of hydrogen-bond acceptors (Lipinski definition) is 5. The molecule has 3 rings (SSSR count). The zero-order valence-corrected chi connectivity index (χ0v) is 19.0. The fourth-order valence-electron chi connectivity index (χ4n) is 2.94. The molecule has 0 saturated heterocycles. The molecule has 1 heterocycles. The van der Waals surface area contributed by atoms with Crippen LogP contribution in [-0.2, 0) is 16.1 Å². The number of amides is 2. The molecule has 8 nitrogen and oxygen atoms in total. The summed E-state index contributed by atoms with van der Waals surface area (Å²) in [6, 6.07) is 11.2. The van der Waals surface area contributed by atoms with Gasteiger partial charge in [0.25, 0.3) is 0 Å². The highest BCUT2D eigenvalue weighted by Crippen LogP contribution is 2.24. The highest BCUT2D eigenvalue weighted by atomic mass is 32.1. The molecule has 0 saturated carbocycles. The van der Waals surface area contributed by atoms with E-state index in [2.05, 4.69) is 20.8 Å². The van der Waals surface area contributed by atoms with E-state index in [9.17, 15) is 14.0 Å². The number of aromatic nitrogens is 3. The van der Waals surface area contributed by atoms with Crippen molar-refractivity contribution in [2.24, 2.45) is 0 Å². The summed E-state index contributed by atoms with van der Waals surface area (Å²) in [5.74, 6) is -0.551. The first-order valence-corrected chi connectivity index (χ1v) is 10.2. The van der Waals surface area contributed by atoms with E-state index in [1.165, 1.54) is 12.1 Å². The molecule has 0 aliphatic carbocycles. The highest BCUT2D eigenvalue weighted by molar-refractivity contribution is 7.71. The lowest BCUT2D eigenvalue weighted by Crippen LogP contribution is -2.28. The molecule has 0 unspecified atom stereocenters. The molecule has 3 aromatic rings. The van der Waals surface area contributed by atoms with Crippen molar-refractivity contribution in [2.75, 3.05) is 10.6 Å². The van der Waals surface area contributed by atoms with Crippen molar-refractivity contribution >= 4 is 35.6 Å². The van der Waals surface area contributed by atoms with Gasteiger partial charge in [0.2, 0.25) is 5.91 Å². The minimum Gasteiger partial charge on any atom is -0.444 e. The van der Waals surface area contributed by atoms with Crippen LogP contribution >= 0.6 is 12.2 Å². The Kier molecular flexibility index (Phi) is 6.73. The van der Waals surface area contributed by atoms with Gasteiger partial charge >= 0.3 is 6.09 Å². The van der Waals surface area contributed by atoms with Gasteiger partial charge in [0.05, 0.1) is 11.4 Å². The Hall–Kier alpha value is -3.53. The van der Waals surface area contributed by atoms with Crippen molar-refractivity contribution in [3.63, 3.8) is 0 Å². The van der Waals surface area contributed by atoms with Crippen LogP contribution in [0.5, 0.6) is 0 Å². The van der Waals surface area contributed by atoms with Crippen LogP contribution in [0, 0.1) is 17.5 Å². The fourth-order valence-corrected chi connectivity index (χ4v) is 3.14. The normalized spacial score (nSPS) is 11.2. The number of halogens is 1. The second kappa shape index (κ2) is 9.31. The fraction of sp³-hybridized carbons (Fsp3) is 0.273. The van der Waals surface area contributed by atoms with Gasteiger partial charge in [-0.2, -0.15) is 5.10 Å². The lowest BCUT2D eigenvalue weighted by Gasteiger charge is -2.20. The van der Waals surface area contributed by atoms with Gasteiger partial charge in [-0.15, -0.1) is 0 Å². The van der Waals surface area contributed by atoms with Gasteiger partial charge < -0.3 is 10.1 Å². The number of aryl methyl sites for hydroxylation is 1. The molecule has 2 amide bonds. The van der Waals surface area contributed by atoms with Crippen LogP contribution in [0.1, 0.15) is 26.3 Å². The first-order valence-electron chi connectivity index (χ1n) is 9.83. The smallest absolute Gasteiger partial charge is 0.412 e. The first-order chi connectivity index (χ1) is 15.0. The number of nitrogens with one attached hydrogen (secondary N) is 3. The Balaban J connectivity index is 1.80. The molecular formula is C22H24FN5O3S. The standard InChI is InChI=1S/C22H24FN5O3S/c1-13-6-5-7-14(10-13)19-26-27-20(32)28(19)12-18(29)24-17-11-15(23)8-9-16(17)25-21(30)31-22(2,3)4/h5-11H,12H2,1-4H3,(H,24,29)(H,25,30)(H,27,32). The predicted molar refractivity (Wildman–Crippen MR) is 122 cm³/mol. The summed E-state index contributed by atoms with van der Waals surface area (Å²) in [6.07, 6.45) is -0.724. The Bertz CT molecular complexity index is 1210. The highest BCUT2D eigenvalue weighted by Gasteiger charge is 2.19. The Morgan fingerprint density at radius 2 is 1.91 bits per heavy atom. The van der Waals surface area contributed by atoms with E-state index in [4.69, 9.17) is 17.0 Å². The van der Waals surface area contributed by atoms with Crippen LogP contribution in [0.4, 0.5) is 20.6 Å². The summed E-state index contributed by atoms with van der Waals surface area (Å²) >= 11 is 5.27. The molecule has 3 N–H and O–H groups in total. The van der Waals surface area contributed by atoms with Crippen molar-refractivity contribution in [3.8, 4) is 11.4 Å². The third-order valence-electron chi connectivity index (χ3n) is 4.23. The first kappa shape index (κ1) is 23.1. The minimum atomic E-state index is -0.724. The van der Waals surface area contributed by atoms with Crippen LogP contribution in [-0.4, -0.2) is 32.4 Å². The molecule has 0 atom stereocenters. The van der Waals surface area contributed by atoms with E-state index in [1.54, 1.807) is 25.3 Å². The molecule has 2 aromatic carbocycles. The SMILES string of the molecule is Cc1cccc(-c2n[nH]c(=S)n2CC(=O)Nc2cc(F)ccc2NC(=O)OC(C)(C)C)c1. The molecule has 0 aliphatic heterocycles. The number of nitrogens with zero attached hydrogens (tertiary/aromatic N) is 2. The molecule has 0 aliphatic rings. The number of carbonyl (C=O) groups excluding carboxylic acids is 2. The van der Waals surface area contributed by atoms with Gasteiger partial charge in [-0.1, -0.05) is 23.8 Å². The van der Waals surface area contributed by atoms with Crippen molar-refractivity contribution in [1.82, 2.24) is 14.8 Å². The average molecular weight is 458 g/mol. The molecule has 0 spiro atoms. The number of anilines is 2. The monoisotopic (exact) mass is 457 g/mol. The van der Waals surface area contributed by atoms with Gasteiger partial charge in [-0.25, -0.2) is 9.18 Å². The second-order valence-electron chi connectivity index (χ2n) is 8.17. The third-order valence-corrected chi connectivity index (χ3v) is 4.54. The summed E-state index contributed by atoms with van der Waals surface area (Å²) < 4.78 is 20.9. The Labute approximate surface area is 189 Å². The van der Waals surface area contributed by atoms with Gasteiger partial charge in [-0.3, -0.25) is 19.8 Å². The van der Waals surface area contributed by atoms with Crippen molar-refractivity contribution in [3.05, 3.63) is 58.6 Å².